The second kappa shape index (κ2) is 7.37. The molecule has 0 amide bonds. The Bertz CT molecular complexity index is 310. The first-order valence-electron chi connectivity index (χ1n) is 5.94. The molecule has 0 radical (unpaired) electrons. The smallest absolute Gasteiger partial charge is 0.123 e. The lowest BCUT2D eigenvalue weighted by atomic mass is 10.1. The van der Waals surface area contributed by atoms with E-state index in [0.717, 1.165) is 13.0 Å². The number of benzene rings is 1. The molecular weight excluding hydrogens is 221 g/mol. The molecule has 0 spiro atoms. The lowest BCUT2D eigenvalue weighted by Gasteiger charge is -2.23. The number of hydrogen-bond donors (Lipinski definition) is 2. The molecule has 1 aromatic carbocycles. The van der Waals surface area contributed by atoms with Crippen LogP contribution in [0.4, 0.5) is 4.39 Å². The van der Waals surface area contributed by atoms with Crippen molar-refractivity contribution in [3.05, 3.63) is 35.6 Å². The molecule has 96 valence electrons. The van der Waals surface area contributed by atoms with Crippen molar-refractivity contribution in [1.29, 1.82) is 0 Å². The minimum atomic E-state index is -0.645. The maximum absolute atomic E-state index is 12.7. The van der Waals surface area contributed by atoms with Gasteiger partial charge in [-0.25, -0.2) is 4.39 Å². The van der Waals surface area contributed by atoms with Gasteiger partial charge in [-0.2, -0.15) is 0 Å². The Balaban J connectivity index is 2.56. The van der Waals surface area contributed by atoms with E-state index in [4.69, 9.17) is 5.11 Å². The van der Waals surface area contributed by atoms with Gasteiger partial charge in [-0.15, -0.1) is 0 Å². The van der Waals surface area contributed by atoms with Gasteiger partial charge in [0, 0.05) is 13.1 Å². The number of aliphatic hydroxyl groups excluding tert-OH is 2. The Morgan fingerprint density at radius 1 is 1.24 bits per heavy atom. The summed E-state index contributed by atoms with van der Waals surface area (Å²) in [5.74, 6) is -0.304. The van der Waals surface area contributed by atoms with Gasteiger partial charge in [0.1, 0.15) is 5.82 Å². The van der Waals surface area contributed by atoms with E-state index < -0.39 is 6.10 Å². The Morgan fingerprint density at radius 3 is 2.41 bits per heavy atom. The zero-order valence-corrected chi connectivity index (χ0v) is 10.1. The van der Waals surface area contributed by atoms with Gasteiger partial charge in [0.2, 0.25) is 0 Å². The molecule has 17 heavy (non-hydrogen) atoms. The molecule has 0 aliphatic heterocycles. The highest BCUT2D eigenvalue weighted by molar-refractivity contribution is 5.18. The first-order valence-corrected chi connectivity index (χ1v) is 5.94. The molecule has 0 heterocycles. The van der Waals surface area contributed by atoms with E-state index in [9.17, 15) is 9.50 Å². The fraction of sp³-hybridized carbons (Fsp3) is 0.538. The van der Waals surface area contributed by atoms with Crippen molar-refractivity contribution >= 4 is 0 Å². The molecule has 0 aliphatic rings. The van der Waals surface area contributed by atoms with E-state index in [1.165, 1.54) is 12.1 Å². The fourth-order valence-electron chi connectivity index (χ4n) is 1.79. The number of hydrogen-bond acceptors (Lipinski definition) is 3. The molecule has 0 aromatic heterocycles. The van der Waals surface area contributed by atoms with Gasteiger partial charge >= 0.3 is 0 Å². The van der Waals surface area contributed by atoms with Crippen LogP contribution in [0.2, 0.25) is 0 Å². The molecule has 0 bridgehead atoms. The second-order valence-electron chi connectivity index (χ2n) is 4.09. The van der Waals surface area contributed by atoms with E-state index in [1.807, 2.05) is 4.90 Å². The second-order valence-corrected chi connectivity index (χ2v) is 4.09. The molecule has 4 heteroatoms. The van der Waals surface area contributed by atoms with Gasteiger partial charge in [-0.3, -0.25) is 4.90 Å². The van der Waals surface area contributed by atoms with Gasteiger partial charge in [-0.1, -0.05) is 19.1 Å². The minimum Gasteiger partial charge on any atom is -0.395 e. The predicted molar refractivity (Wildman–Crippen MR) is 65.2 cm³/mol. The average Bonchev–Trinajstić information content (AvgIpc) is 2.30. The monoisotopic (exact) mass is 241 g/mol. The number of nitrogens with zero attached hydrogens (tertiary/aromatic N) is 1. The summed E-state index contributed by atoms with van der Waals surface area (Å²) in [6.07, 6.45) is 0.324. The molecule has 1 aromatic rings. The third kappa shape index (κ3) is 4.81. The highest BCUT2D eigenvalue weighted by Gasteiger charge is 2.12. The van der Waals surface area contributed by atoms with Crippen molar-refractivity contribution in [3.63, 3.8) is 0 Å². The van der Waals surface area contributed by atoms with Gasteiger partial charge < -0.3 is 10.2 Å². The van der Waals surface area contributed by atoms with Crippen molar-refractivity contribution in [3.8, 4) is 0 Å². The van der Waals surface area contributed by atoms with Crippen LogP contribution in [-0.2, 0) is 0 Å². The number of rotatable bonds is 7. The van der Waals surface area contributed by atoms with Crippen LogP contribution in [-0.4, -0.2) is 41.4 Å². The molecule has 0 fully saturated rings. The third-order valence-corrected chi connectivity index (χ3v) is 2.64. The maximum atomic E-state index is 12.7. The SMILES string of the molecule is CCCN(CCO)C[C@@H](O)c1ccc(F)cc1. The first-order chi connectivity index (χ1) is 8.17. The van der Waals surface area contributed by atoms with Crippen LogP contribution in [0, 0.1) is 5.82 Å². The van der Waals surface area contributed by atoms with Crippen LogP contribution in [0.25, 0.3) is 0 Å². The van der Waals surface area contributed by atoms with Crippen molar-refractivity contribution in [2.24, 2.45) is 0 Å². The van der Waals surface area contributed by atoms with Crippen molar-refractivity contribution in [1.82, 2.24) is 4.90 Å². The average molecular weight is 241 g/mol. The van der Waals surface area contributed by atoms with E-state index in [1.54, 1.807) is 12.1 Å². The van der Waals surface area contributed by atoms with E-state index >= 15 is 0 Å². The van der Waals surface area contributed by atoms with E-state index in [0.29, 0.717) is 18.7 Å². The normalized spacial score (nSPS) is 13.0. The highest BCUT2D eigenvalue weighted by Crippen LogP contribution is 2.14. The Morgan fingerprint density at radius 2 is 1.88 bits per heavy atom. The largest absolute Gasteiger partial charge is 0.395 e. The lowest BCUT2D eigenvalue weighted by Crippen LogP contribution is -2.32. The third-order valence-electron chi connectivity index (χ3n) is 2.64. The number of halogens is 1. The predicted octanol–water partition coefficient (Wildman–Crippen LogP) is 1.56. The molecule has 1 atom stereocenters. The summed E-state index contributed by atoms with van der Waals surface area (Å²) in [4.78, 5) is 1.99. The molecule has 0 aliphatic carbocycles. The van der Waals surface area contributed by atoms with Gasteiger partial charge in [0.05, 0.1) is 12.7 Å². The summed E-state index contributed by atoms with van der Waals surface area (Å²) in [7, 11) is 0. The number of aliphatic hydroxyl groups is 2. The summed E-state index contributed by atoms with van der Waals surface area (Å²) in [5, 5.41) is 18.9. The molecule has 2 N–H and O–H groups in total. The highest BCUT2D eigenvalue weighted by atomic mass is 19.1. The van der Waals surface area contributed by atoms with Crippen molar-refractivity contribution < 1.29 is 14.6 Å². The van der Waals surface area contributed by atoms with Crippen LogP contribution in [0.3, 0.4) is 0 Å². The summed E-state index contributed by atoms with van der Waals surface area (Å²) in [5.41, 5.74) is 0.699. The standard InChI is InChI=1S/C13H20FNO2/c1-2-7-15(8-9-16)10-13(17)11-3-5-12(14)6-4-11/h3-6,13,16-17H,2,7-10H2,1H3/t13-/m1/s1. The van der Waals surface area contributed by atoms with Crippen LogP contribution >= 0.6 is 0 Å². The van der Waals surface area contributed by atoms with Crippen LogP contribution in [0.5, 0.6) is 0 Å². The van der Waals surface area contributed by atoms with Gasteiger partial charge in [-0.05, 0) is 30.7 Å². The molecule has 3 nitrogen and oxygen atoms in total. The van der Waals surface area contributed by atoms with Gasteiger partial charge in [0.15, 0.2) is 0 Å². The Kier molecular flexibility index (Phi) is 6.11. The van der Waals surface area contributed by atoms with E-state index in [2.05, 4.69) is 6.92 Å². The topological polar surface area (TPSA) is 43.7 Å². The molecule has 0 saturated carbocycles. The summed E-state index contributed by atoms with van der Waals surface area (Å²) < 4.78 is 12.7. The summed E-state index contributed by atoms with van der Waals surface area (Å²) in [6.45, 7) is 3.97. The maximum Gasteiger partial charge on any atom is 0.123 e. The summed E-state index contributed by atoms with van der Waals surface area (Å²) in [6, 6.07) is 5.86. The molecule has 0 unspecified atom stereocenters. The molecular formula is C13H20FNO2. The van der Waals surface area contributed by atoms with Crippen molar-refractivity contribution in [2.75, 3.05) is 26.2 Å². The van der Waals surface area contributed by atoms with Gasteiger partial charge in [0.25, 0.3) is 0 Å². The Labute approximate surface area is 101 Å². The van der Waals surface area contributed by atoms with Crippen LogP contribution < -0.4 is 0 Å². The lowest BCUT2D eigenvalue weighted by molar-refractivity contribution is 0.0998. The molecule has 0 saturated heterocycles. The zero-order chi connectivity index (χ0) is 12.7. The summed E-state index contributed by atoms with van der Waals surface area (Å²) >= 11 is 0. The zero-order valence-electron chi connectivity index (χ0n) is 10.1. The first kappa shape index (κ1) is 14.1. The van der Waals surface area contributed by atoms with Crippen LogP contribution in [0.15, 0.2) is 24.3 Å². The quantitative estimate of drug-likeness (QED) is 0.761. The molecule has 1 rings (SSSR count). The minimum absolute atomic E-state index is 0.0795. The van der Waals surface area contributed by atoms with E-state index in [-0.39, 0.29) is 12.4 Å². The Hall–Kier alpha value is -0.970. The van der Waals surface area contributed by atoms with Crippen molar-refractivity contribution in [2.45, 2.75) is 19.4 Å². The van der Waals surface area contributed by atoms with Crippen LogP contribution in [0.1, 0.15) is 25.0 Å². The fourth-order valence-corrected chi connectivity index (χ4v) is 1.79.